The molecule has 0 fully saturated rings. The monoisotopic (exact) mass is 523 g/mol. The summed E-state index contributed by atoms with van der Waals surface area (Å²) in [5.74, 6) is 0. The van der Waals surface area contributed by atoms with Crippen molar-refractivity contribution in [1.29, 1.82) is 0 Å². The maximum absolute atomic E-state index is 2.51. The third-order valence-corrected chi connectivity index (χ3v) is 9.99. The van der Waals surface area contributed by atoms with Crippen LogP contribution >= 0.6 is 11.3 Å². The molecule has 1 nitrogen and oxygen atoms in total. The fourth-order valence-corrected chi connectivity index (χ4v) is 8.07. The summed E-state index contributed by atoms with van der Waals surface area (Å²) in [5, 5.41) is 13.1. The van der Waals surface area contributed by atoms with Gasteiger partial charge in [0.15, 0.2) is 0 Å². The number of benzene rings is 7. The molecule has 0 radical (unpaired) electrons. The Balaban J connectivity index is 1.38. The molecule has 0 N–H and O–H groups in total. The maximum Gasteiger partial charge on any atom is 0.0620 e. The van der Waals surface area contributed by atoms with Crippen LogP contribution in [0.25, 0.3) is 90.9 Å². The number of nitrogens with zero attached hydrogens (tertiary/aromatic N) is 1. The van der Waals surface area contributed by atoms with Crippen molar-refractivity contribution in [1.82, 2.24) is 4.40 Å². The van der Waals surface area contributed by atoms with Crippen LogP contribution in [-0.2, 0) is 0 Å². The molecular weight excluding hydrogens is 502 g/mol. The standard InChI is InChI=1S/C38H21NS/c1-3-9-24-20-34-29(15-22(24)7-1)32-18-27(26-13-14-37-31(17-26)28-11-5-6-12-36(28)40-37)19-33-30-16-23-8-2-4-10-25(23)21-35(30)39(34)38(32)33/h1-21H. The molecule has 0 atom stereocenters. The van der Waals surface area contributed by atoms with Crippen molar-refractivity contribution in [3.8, 4) is 11.1 Å². The third-order valence-electron chi connectivity index (χ3n) is 8.83. The van der Waals surface area contributed by atoms with E-state index in [4.69, 9.17) is 0 Å². The van der Waals surface area contributed by atoms with E-state index >= 15 is 0 Å². The first kappa shape index (κ1) is 21.0. The molecule has 3 heterocycles. The molecule has 0 bridgehead atoms. The lowest BCUT2D eigenvalue weighted by Crippen LogP contribution is -1.82. The van der Waals surface area contributed by atoms with Crippen LogP contribution in [0.3, 0.4) is 0 Å². The van der Waals surface area contributed by atoms with Crippen LogP contribution in [-0.4, -0.2) is 4.40 Å². The molecule has 0 aliphatic carbocycles. The number of thiophene rings is 1. The zero-order valence-corrected chi connectivity index (χ0v) is 22.3. The lowest BCUT2D eigenvalue weighted by atomic mass is 9.97. The summed E-state index contributed by atoms with van der Waals surface area (Å²) in [5.41, 5.74) is 6.42. The van der Waals surface area contributed by atoms with Crippen LogP contribution in [0, 0.1) is 0 Å². The zero-order chi connectivity index (χ0) is 25.9. The molecule has 0 aliphatic rings. The first-order valence-electron chi connectivity index (χ1n) is 13.8. The van der Waals surface area contributed by atoms with Gasteiger partial charge in [0.25, 0.3) is 0 Å². The van der Waals surface area contributed by atoms with Gasteiger partial charge in [-0.05, 0) is 87.3 Å². The Bertz CT molecular complexity index is 2530. The smallest absolute Gasteiger partial charge is 0.0620 e. The SMILES string of the molecule is c1ccc2cc3c(cc2c1)c1cc(-c2ccc4sc5ccccc5c4c2)cc2c4cc5ccccc5cc4n3c12. The Morgan fingerprint density at radius 3 is 1.55 bits per heavy atom. The number of rotatable bonds is 1. The Hall–Kier alpha value is -4.92. The van der Waals surface area contributed by atoms with Crippen LogP contribution < -0.4 is 0 Å². The number of hydrogen-bond acceptors (Lipinski definition) is 1. The number of aromatic nitrogens is 1. The van der Waals surface area contributed by atoms with Crippen molar-refractivity contribution in [2.24, 2.45) is 0 Å². The lowest BCUT2D eigenvalue weighted by molar-refractivity contribution is 1.38. The minimum Gasteiger partial charge on any atom is -0.308 e. The highest BCUT2D eigenvalue weighted by Gasteiger charge is 2.20. The van der Waals surface area contributed by atoms with Crippen molar-refractivity contribution in [3.63, 3.8) is 0 Å². The number of hydrogen-bond donors (Lipinski definition) is 0. The lowest BCUT2D eigenvalue weighted by Gasteiger charge is -2.06. The van der Waals surface area contributed by atoms with Gasteiger partial charge in [0.2, 0.25) is 0 Å². The van der Waals surface area contributed by atoms with E-state index in [1.165, 1.54) is 90.9 Å². The molecule has 0 unspecified atom stereocenters. The summed E-state index contributed by atoms with van der Waals surface area (Å²) in [6.07, 6.45) is 0. The first-order valence-corrected chi connectivity index (χ1v) is 14.6. The Morgan fingerprint density at radius 1 is 0.375 bits per heavy atom. The topological polar surface area (TPSA) is 4.41 Å². The number of fused-ring (bicyclic) bond motifs is 11. The van der Waals surface area contributed by atoms with Gasteiger partial charge < -0.3 is 4.40 Å². The first-order chi connectivity index (χ1) is 19.8. The molecule has 10 rings (SSSR count). The molecule has 0 amide bonds. The maximum atomic E-state index is 2.51. The van der Waals surface area contributed by atoms with E-state index in [0.29, 0.717) is 0 Å². The summed E-state index contributed by atoms with van der Waals surface area (Å²) < 4.78 is 5.20. The quantitative estimate of drug-likeness (QED) is 0.202. The molecule has 184 valence electrons. The summed E-state index contributed by atoms with van der Waals surface area (Å²) in [4.78, 5) is 0. The molecule has 0 spiro atoms. The van der Waals surface area contributed by atoms with Crippen LogP contribution in [0.1, 0.15) is 0 Å². The molecule has 7 aromatic carbocycles. The van der Waals surface area contributed by atoms with Gasteiger partial charge in [0.05, 0.1) is 16.6 Å². The van der Waals surface area contributed by atoms with Crippen molar-refractivity contribution in [2.75, 3.05) is 0 Å². The Kier molecular flexibility index (Phi) is 3.87. The predicted octanol–water partition coefficient (Wildman–Crippen LogP) is 11.2. The van der Waals surface area contributed by atoms with E-state index in [2.05, 4.69) is 132 Å². The van der Waals surface area contributed by atoms with Gasteiger partial charge in [0.1, 0.15) is 0 Å². The molecule has 0 saturated heterocycles. The fraction of sp³-hybridized carbons (Fsp3) is 0. The fourth-order valence-electron chi connectivity index (χ4n) is 6.99. The molecule has 2 heteroatoms. The average molecular weight is 524 g/mol. The Morgan fingerprint density at radius 2 is 0.900 bits per heavy atom. The van der Waals surface area contributed by atoms with Gasteiger partial charge in [-0.1, -0.05) is 72.8 Å². The van der Waals surface area contributed by atoms with Gasteiger partial charge in [-0.2, -0.15) is 0 Å². The normalized spacial score (nSPS) is 12.5. The average Bonchev–Trinajstić information content (AvgIpc) is 3.64. The van der Waals surface area contributed by atoms with E-state index in [1.54, 1.807) is 0 Å². The highest BCUT2D eigenvalue weighted by Crippen LogP contribution is 2.44. The summed E-state index contributed by atoms with van der Waals surface area (Å²) >= 11 is 1.88. The van der Waals surface area contributed by atoms with E-state index < -0.39 is 0 Å². The zero-order valence-electron chi connectivity index (χ0n) is 21.5. The van der Waals surface area contributed by atoms with Crippen LogP contribution in [0.15, 0.2) is 127 Å². The van der Waals surface area contributed by atoms with Crippen molar-refractivity contribution >= 4 is 91.1 Å². The van der Waals surface area contributed by atoms with Crippen molar-refractivity contribution < 1.29 is 0 Å². The Labute approximate surface area is 233 Å². The molecule has 0 aliphatic heterocycles. The predicted molar refractivity (Wildman–Crippen MR) is 174 cm³/mol. The van der Waals surface area contributed by atoms with Gasteiger partial charge in [-0.25, -0.2) is 0 Å². The van der Waals surface area contributed by atoms with Crippen LogP contribution in [0.5, 0.6) is 0 Å². The molecule has 40 heavy (non-hydrogen) atoms. The summed E-state index contributed by atoms with van der Waals surface area (Å²) in [6, 6.07) is 47.6. The van der Waals surface area contributed by atoms with Gasteiger partial charge in [-0.15, -0.1) is 11.3 Å². The van der Waals surface area contributed by atoms with Crippen molar-refractivity contribution in [2.45, 2.75) is 0 Å². The second-order valence-electron chi connectivity index (χ2n) is 11.0. The van der Waals surface area contributed by atoms with E-state index in [9.17, 15) is 0 Å². The van der Waals surface area contributed by atoms with E-state index in [0.717, 1.165) is 0 Å². The minimum absolute atomic E-state index is 1.27. The van der Waals surface area contributed by atoms with Gasteiger partial charge >= 0.3 is 0 Å². The minimum atomic E-state index is 1.27. The van der Waals surface area contributed by atoms with Crippen LogP contribution in [0.2, 0.25) is 0 Å². The van der Waals surface area contributed by atoms with E-state index in [-0.39, 0.29) is 0 Å². The molecule has 0 saturated carbocycles. The second kappa shape index (κ2) is 7.38. The molecular formula is C38H21NS. The second-order valence-corrected chi connectivity index (χ2v) is 12.1. The van der Waals surface area contributed by atoms with Crippen molar-refractivity contribution in [3.05, 3.63) is 127 Å². The summed E-state index contributed by atoms with van der Waals surface area (Å²) in [6.45, 7) is 0. The third kappa shape index (κ3) is 2.66. The molecule has 10 aromatic rings. The van der Waals surface area contributed by atoms with Gasteiger partial charge in [-0.3, -0.25) is 0 Å². The highest BCUT2D eigenvalue weighted by molar-refractivity contribution is 7.25. The van der Waals surface area contributed by atoms with Crippen LogP contribution in [0.4, 0.5) is 0 Å². The van der Waals surface area contributed by atoms with Gasteiger partial charge in [0, 0.05) is 41.7 Å². The largest absolute Gasteiger partial charge is 0.308 e. The van der Waals surface area contributed by atoms with E-state index in [1.807, 2.05) is 11.3 Å². The summed E-state index contributed by atoms with van der Waals surface area (Å²) in [7, 11) is 0. The molecule has 3 aromatic heterocycles. The highest BCUT2D eigenvalue weighted by atomic mass is 32.1.